The maximum Gasteiger partial charge on any atom is 0.416 e. The van der Waals surface area contributed by atoms with Crippen molar-refractivity contribution >= 4 is 5.97 Å². The zero-order valence-electron chi connectivity index (χ0n) is 17.2. The zero-order chi connectivity index (χ0) is 22.3. The Balaban J connectivity index is 0.000000735. The van der Waals surface area contributed by atoms with E-state index in [2.05, 4.69) is 5.32 Å². The van der Waals surface area contributed by atoms with Gasteiger partial charge in [-0.25, -0.2) is 0 Å². The molecule has 30 heavy (non-hydrogen) atoms. The van der Waals surface area contributed by atoms with Crippen LogP contribution >= 0.6 is 0 Å². The molecule has 0 saturated carbocycles. The van der Waals surface area contributed by atoms with Crippen LogP contribution in [0, 0.1) is 0 Å². The average molecular weight is 425 g/mol. The van der Waals surface area contributed by atoms with E-state index < -0.39 is 17.7 Å². The van der Waals surface area contributed by atoms with Gasteiger partial charge in [0.15, 0.2) is 11.5 Å². The number of aryl methyl sites for hydroxylation is 1. The molecule has 0 fully saturated rings. The van der Waals surface area contributed by atoms with Gasteiger partial charge in [-0.3, -0.25) is 4.79 Å². The van der Waals surface area contributed by atoms with Crippen LogP contribution in [0.5, 0.6) is 11.5 Å². The van der Waals surface area contributed by atoms with Crippen molar-refractivity contribution in [3.8, 4) is 11.5 Å². The summed E-state index contributed by atoms with van der Waals surface area (Å²) >= 11 is 0. The van der Waals surface area contributed by atoms with Crippen LogP contribution in [0.25, 0.3) is 0 Å². The first-order chi connectivity index (χ1) is 14.2. The second-order valence-electron chi connectivity index (χ2n) is 6.92. The van der Waals surface area contributed by atoms with Gasteiger partial charge in [-0.2, -0.15) is 13.2 Å². The van der Waals surface area contributed by atoms with Crippen molar-refractivity contribution in [2.45, 2.75) is 38.4 Å². The number of alkyl halides is 3. The second kappa shape index (κ2) is 10.3. The summed E-state index contributed by atoms with van der Waals surface area (Å²) in [6.07, 6.45) is -1.89. The molecule has 8 heteroatoms. The zero-order valence-corrected chi connectivity index (χ0v) is 17.2. The Morgan fingerprint density at radius 2 is 1.70 bits per heavy atom. The molecule has 0 unspecified atom stereocenters. The molecule has 1 atom stereocenters. The van der Waals surface area contributed by atoms with Crippen LogP contribution in [0.2, 0.25) is 0 Å². The lowest BCUT2D eigenvalue weighted by Crippen LogP contribution is -2.30. The first-order valence-corrected chi connectivity index (χ1v) is 9.49. The molecule has 1 heterocycles. The summed E-state index contributed by atoms with van der Waals surface area (Å²) in [5.41, 5.74) is 2.67. The molecular formula is C22H26F3NO4. The normalized spacial score (nSPS) is 15.5. The van der Waals surface area contributed by atoms with E-state index in [4.69, 9.17) is 19.4 Å². The number of hydrogen-bond acceptors (Lipinski definition) is 4. The van der Waals surface area contributed by atoms with E-state index in [0.717, 1.165) is 49.8 Å². The number of nitrogens with one attached hydrogen (secondary N) is 1. The number of rotatable bonds is 5. The highest BCUT2D eigenvalue weighted by Gasteiger charge is 2.30. The maximum absolute atomic E-state index is 12.7. The summed E-state index contributed by atoms with van der Waals surface area (Å²) in [7, 11) is 3.23. The molecular weight excluding hydrogens is 399 g/mol. The molecule has 0 amide bonds. The van der Waals surface area contributed by atoms with Crippen LogP contribution in [0.4, 0.5) is 13.2 Å². The number of hydrogen-bond donors (Lipinski definition) is 2. The molecule has 0 aromatic heterocycles. The van der Waals surface area contributed by atoms with Gasteiger partial charge in [0.25, 0.3) is 5.97 Å². The number of halogens is 3. The summed E-state index contributed by atoms with van der Waals surface area (Å²) in [5.74, 6) is 0.573. The topological polar surface area (TPSA) is 67.8 Å². The Morgan fingerprint density at radius 1 is 1.13 bits per heavy atom. The summed E-state index contributed by atoms with van der Waals surface area (Å²) in [5, 5.41) is 10.9. The van der Waals surface area contributed by atoms with Crippen molar-refractivity contribution in [1.82, 2.24) is 5.32 Å². The molecule has 2 N–H and O–H groups in total. The molecule has 1 aliphatic rings. The van der Waals surface area contributed by atoms with Crippen molar-refractivity contribution in [2.24, 2.45) is 0 Å². The van der Waals surface area contributed by atoms with Gasteiger partial charge in [-0.1, -0.05) is 12.1 Å². The standard InChI is InChI=1S/C20H22F3NO2.C2H4O2/c1-25-18-11-14-9-10-24-17(16(14)12-19(18)26-2)8-5-13-3-6-15(7-4-13)20(21,22)23;1-2(3)4/h3-4,6-7,11-12,17,24H,5,8-10H2,1-2H3;1H3,(H,3,4)/t17-;/m0./s1. The van der Waals surface area contributed by atoms with Crippen molar-refractivity contribution in [2.75, 3.05) is 20.8 Å². The van der Waals surface area contributed by atoms with Crippen LogP contribution < -0.4 is 14.8 Å². The Kier molecular flexibility index (Phi) is 8.11. The molecule has 2 aromatic rings. The van der Waals surface area contributed by atoms with E-state index in [0.29, 0.717) is 12.2 Å². The van der Waals surface area contributed by atoms with Crippen molar-refractivity contribution in [1.29, 1.82) is 0 Å². The smallest absolute Gasteiger partial charge is 0.416 e. The predicted molar refractivity (Wildman–Crippen MR) is 107 cm³/mol. The minimum atomic E-state index is -4.29. The van der Waals surface area contributed by atoms with E-state index in [1.54, 1.807) is 26.4 Å². The number of carboxylic acid groups (broad SMARTS) is 1. The largest absolute Gasteiger partial charge is 0.493 e. The third-order valence-electron chi connectivity index (χ3n) is 4.81. The Labute approximate surface area is 173 Å². The Bertz CT molecular complexity index is 847. The quantitative estimate of drug-likeness (QED) is 0.731. The minimum absolute atomic E-state index is 0.140. The number of fused-ring (bicyclic) bond motifs is 1. The fourth-order valence-electron chi connectivity index (χ4n) is 3.40. The molecule has 3 rings (SSSR count). The van der Waals surface area contributed by atoms with Gasteiger partial charge >= 0.3 is 6.18 Å². The molecule has 0 saturated heterocycles. The lowest BCUT2D eigenvalue weighted by Gasteiger charge is -2.28. The summed E-state index contributed by atoms with van der Waals surface area (Å²) in [6.45, 7) is 1.94. The van der Waals surface area contributed by atoms with Gasteiger partial charge in [0.05, 0.1) is 19.8 Å². The summed E-state index contributed by atoms with van der Waals surface area (Å²) < 4.78 is 48.8. The van der Waals surface area contributed by atoms with Crippen LogP contribution in [-0.4, -0.2) is 31.8 Å². The summed E-state index contributed by atoms with van der Waals surface area (Å²) in [6, 6.07) is 9.55. The highest BCUT2D eigenvalue weighted by Crippen LogP contribution is 2.36. The average Bonchev–Trinajstić information content (AvgIpc) is 2.70. The van der Waals surface area contributed by atoms with Gasteiger partial charge in [0, 0.05) is 13.0 Å². The Hall–Kier alpha value is -2.74. The molecule has 0 bridgehead atoms. The van der Waals surface area contributed by atoms with Crippen LogP contribution in [0.15, 0.2) is 36.4 Å². The molecule has 1 aliphatic heterocycles. The molecule has 0 aliphatic carbocycles. The molecule has 5 nitrogen and oxygen atoms in total. The SMILES string of the molecule is CC(=O)O.COc1cc2c(cc1OC)[C@H](CCc1ccc(C(F)(F)F)cc1)NCC2. The van der Waals surface area contributed by atoms with Crippen LogP contribution in [0.1, 0.15) is 41.6 Å². The number of carboxylic acids is 1. The highest BCUT2D eigenvalue weighted by atomic mass is 19.4. The van der Waals surface area contributed by atoms with Crippen molar-refractivity contribution in [3.63, 3.8) is 0 Å². The monoisotopic (exact) mass is 425 g/mol. The predicted octanol–water partition coefficient (Wildman–Crippen LogP) is 4.63. The van der Waals surface area contributed by atoms with Crippen LogP contribution in [-0.2, 0) is 23.8 Å². The summed E-state index contributed by atoms with van der Waals surface area (Å²) in [4.78, 5) is 9.00. The van der Waals surface area contributed by atoms with Gasteiger partial charge in [0.1, 0.15) is 0 Å². The molecule has 0 spiro atoms. The molecule has 164 valence electrons. The van der Waals surface area contributed by atoms with Gasteiger partial charge in [-0.15, -0.1) is 0 Å². The second-order valence-corrected chi connectivity index (χ2v) is 6.92. The van der Waals surface area contributed by atoms with Crippen molar-refractivity contribution in [3.05, 3.63) is 58.7 Å². The van der Waals surface area contributed by atoms with E-state index in [-0.39, 0.29) is 6.04 Å². The van der Waals surface area contributed by atoms with E-state index >= 15 is 0 Å². The molecule has 0 radical (unpaired) electrons. The number of benzene rings is 2. The van der Waals surface area contributed by atoms with E-state index in [1.807, 2.05) is 12.1 Å². The highest BCUT2D eigenvalue weighted by molar-refractivity contribution is 5.63. The van der Waals surface area contributed by atoms with Crippen molar-refractivity contribution < 1.29 is 32.5 Å². The van der Waals surface area contributed by atoms with Gasteiger partial charge in [0.2, 0.25) is 0 Å². The third kappa shape index (κ3) is 6.38. The van der Waals surface area contributed by atoms with E-state index in [1.165, 1.54) is 11.1 Å². The molecule has 2 aromatic carbocycles. The minimum Gasteiger partial charge on any atom is -0.493 e. The lowest BCUT2D eigenvalue weighted by atomic mass is 9.90. The number of methoxy groups -OCH3 is 2. The fourth-order valence-corrected chi connectivity index (χ4v) is 3.40. The van der Waals surface area contributed by atoms with E-state index in [9.17, 15) is 13.2 Å². The Morgan fingerprint density at radius 3 is 2.23 bits per heavy atom. The van der Waals surface area contributed by atoms with Gasteiger partial charge in [-0.05, 0) is 66.8 Å². The number of ether oxygens (including phenoxy) is 2. The fraction of sp³-hybridized carbons (Fsp3) is 0.409. The van der Waals surface area contributed by atoms with Crippen LogP contribution in [0.3, 0.4) is 0 Å². The number of carbonyl (C=O) groups is 1. The maximum atomic E-state index is 12.7. The first kappa shape index (κ1) is 23.5. The first-order valence-electron chi connectivity index (χ1n) is 9.49. The number of aliphatic carboxylic acids is 1. The third-order valence-corrected chi connectivity index (χ3v) is 4.81. The lowest BCUT2D eigenvalue weighted by molar-refractivity contribution is -0.137. The van der Waals surface area contributed by atoms with Gasteiger partial charge < -0.3 is 19.9 Å².